The molecule has 3 unspecified atom stereocenters. The molecule has 4 rings (SSSR count). The van der Waals surface area contributed by atoms with E-state index in [1.165, 1.54) is 12.1 Å². The van der Waals surface area contributed by atoms with E-state index in [1.807, 2.05) is 0 Å². The summed E-state index contributed by atoms with van der Waals surface area (Å²) in [5.74, 6) is -1.32. The predicted octanol–water partition coefficient (Wildman–Crippen LogP) is 5.11. The predicted molar refractivity (Wildman–Crippen MR) is 122 cm³/mol. The van der Waals surface area contributed by atoms with Crippen LogP contribution < -0.4 is 5.32 Å². The van der Waals surface area contributed by atoms with E-state index in [-0.39, 0.29) is 34.8 Å². The van der Waals surface area contributed by atoms with Gasteiger partial charge in [-0.05, 0) is 49.8 Å². The summed E-state index contributed by atoms with van der Waals surface area (Å²) in [5, 5.41) is 12.8. The molecule has 2 fully saturated rings. The molecule has 33 heavy (non-hydrogen) atoms. The third kappa shape index (κ3) is 5.80. The lowest BCUT2D eigenvalue weighted by atomic mass is 9.83. The number of nitriles is 1. The largest absolute Gasteiger partial charge is 0.352 e. The minimum atomic E-state index is -0.750. The average molecular weight is 472 g/mol. The number of carbonyl (C=O) groups is 3. The van der Waals surface area contributed by atoms with Gasteiger partial charge in [-0.1, -0.05) is 30.9 Å². The van der Waals surface area contributed by atoms with Gasteiger partial charge in [0.25, 0.3) is 0 Å². The molecular formula is C25H27ClFN3O3. The van der Waals surface area contributed by atoms with Gasteiger partial charge in [0, 0.05) is 35.6 Å². The number of rotatable bonds is 9. The van der Waals surface area contributed by atoms with Gasteiger partial charge in [0.2, 0.25) is 5.91 Å². The van der Waals surface area contributed by atoms with Crippen LogP contribution in [0.15, 0.2) is 18.2 Å². The minimum absolute atomic E-state index is 0.00806. The molecule has 1 heterocycles. The smallest absolute Gasteiger partial charge is 0.224 e. The molecule has 2 N–H and O–H groups in total. The summed E-state index contributed by atoms with van der Waals surface area (Å²) in [5.41, 5.74) is 0.847. The fraction of sp³-hybridized carbons (Fsp3) is 0.520. The zero-order valence-corrected chi connectivity index (χ0v) is 19.1. The van der Waals surface area contributed by atoms with Crippen LogP contribution in [0.25, 0.3) is 10.9 Å². The van der Waals surface area contributed by atoms with Gasteiger partial charge in [-0.15, -0.1) is 0 Å². The van der Waals surface area contributed by atoms with Crippen molar-refractivity contribution in [3.8, 4) is 6.07 Å². The Morgan fingerprint density at radius 3 is 2.70 bits per heavy atom. The maximum atomic E-state index is 13.7. The lowest BCUT2D eigenvalue weighted by Crippen LogP contribution is -2.41. The van der Waals surface area contributed by atoms with E-state index < -0.39 is 17.8 Å². The molecule has 2 saturated carbocycles. The lowest BCUT2D eigenvalue weighted by molar-refractivity contribution is -0.127. The van der Waals surface area contributed by atoms with Crippen LogP contribution in [0.4, 0.5) is 4.39 Å². The number of Topliss-reactive ketones (excluding diaryl/α,β-unsaturated/α-hetero) is 2. The van der Waals surface area contributed by atoms with E-state index in [0.717, 1.165) is 32.1 Å². The van der Waals surface area contributed by atoms with E-state index >= 15 is 0 Å². The van der Waals surface area contributed by atoms with Crippen molar-refractivity contribution in [3.05, 3.63) is 34.7 Å². The molecular weight excluding hydrogens is 445 g/mol. The van der Waals surface area contributed by atoms with Crippen LogP contribution in [-0.2, 0) is 9.59 Å². The number of aromatic amines is 1. The number of halogens is 2. The molecule has 3 atom stereocenters. The minimum Gasteiger partial charge on any atom is -0.352 e. The molecule has 174 valence electrons. The lowest BCUT2D eigenvalue weighted by Gasteiger charge is -2.24. The van der Waals surface area contributed by atoms with Crippen molar-refractivity contribution in [2.45, 2.75) is 63.8 Å². The molecule has 2 aromatic rings. The molecule has 2 aliphatic rings. The van der Waals surface area contributed by atoms with Crippen LogP contribution in [0.5, 0.6) is 0 Å². The van der Waals surface area contributed by atoms with Crippen LogP contribution in [0.1, 0.15) is 68.3 Å². The first-order valence-corrected chi connectivity index (χ1v) is 12.0. The second kappa shape index (κ2) is 10.0. The van der Waals surface area contributed by atoms with Crippen molar-refractivity contribution in [2.24, 2.45) is 17.8 Å². The first-order chi connectivity index (χ1) is 15.8. The number of H-pyrrole nitrogens is 1. The second-order valence-corrected chi connectivity index (χ2v) is 9.78. The van der Waals surface area contributed by atoms with Gasteiger partial charge < -0.3 is 10.3 Å². The molecule has 0 spiro atoms. The topological polar surface area (TPSA) is 103 Å². The van der Waals surface area contributed by atoms with E-state index in [0.29, 0.717) is 41.8 Å². The van der Waals surface area contributed by atoms with E-state index in [2.05, 4.69) is 16.4 Å². The highest BCUT2D eigenvalue weighted by Crippen LogP contribution is 2.37. The SMILES string of the molecule is N#CC(CC1CCCCC1=O)NC(=O)C(CC(=O)c1cc2cc(F)c(Cl)cc2[nH]1)CC1CC1. The second-order valence-electron chi connectivity index (χ2n) is 9.37. The Bertz CT molecular complexity index is 1080. The van der Waals surface area contributed by atoms with Gasteiger partial charge in [-0.3, -0.25) is 14.4 Å². The summed E-state index contributed by atoms with van der Waals surface area (Å²) in [6.45, 7) is 0. The Kier molecular flexibility index (Phi) is 7.14. The first-order valence-electron chi connectivity index (χ1n) is 11.6. The number of hydrogen-bond acceptors (Lipinski definition) is 4. The zero-order valence-electron chi connectivity index (χ0n) is 18.3. The van der Waals surface area contributed by atoms with Crippen LogP contribution in [-0.4, -0.2) is 28.5 Å². The van der Waals surface area contributed by atoms with Crippen molar-refractivity contribution in [1.29, 1.82) is 5.26 Å². The summed E-state index contributed by atoms with van der Waals surface area (Å²) in [6, 6.07) is 5.63. The molecule has 8 heteroatoms. The maximum absolute atomic E-state index is 13.7. The van der Waals surface area contributed by atoms with E-state index in [1.54, 1.807) is 6.07 Å². The fourth-order valence-electron chi connectivity index (χ4n) is 4.67. The Labute approximate surface area is 196 Å². The van der Waals surface area contributed by atoms with Crippen molar-refractivity contribution in [2.75, 3.05) is 0 Å². The Hall–Kier alpha value is -2.72. The number of hydrogen-bond donors (Lipinski definition) is 2. The molecule has 0 saturated heterocycles. The van der Waals surface area contributed by atoms with Crippen molar-refractivity contribution in [1.82, 2.24) is 10.3 Å². The number of benzene rings is 1. The molecule has 0 aliphatic heterocycles. The number of fused-ring (bicyclic) bond motifs is 1. The maximum Gasteiger partial charge on any atom is 0.224 e. The van der Waals surface area contributed by atoms with Gasteiger partial charge >= 0.3 is 0 Å². The quantitative estimate of drug-likeness (QED) is 0.496. The van der Waals surface area contributed by atoms with Crippen molar-refractivity contribution < 1.29 is 18.8 Å². The van der Waals surface area contributed by atoms with Gasteiger partial charge in [-0.25, -0.2) is 4.39 Å². The van der Waals surface area contributed by atoms with E-state index in [4.69, 9.17) is 11.6 Å². The fourth-order valence-corrected chi connectivity index (χ4v) is 4.84. The highest BCUT2D eigenvalue weighted by Gasteiger charge is 2.33. The number of amides is 1. The monoisotopic (exact) mass is 471 g/mol. The summed E-state index contributed by atoms with van der Waals surface area (Å²) in [6.07, 6.45) is 6.08. The van der Waals surface area contributed by atoms with Gasteiger partial charge in [0.15, 0.2) is 5.78 Å². The average Bonchev–Trinajstić information content (AvgIpc) is 3.52. The van der Waals surface area contributed by atoms with Crippen molar-refractivity contribution in [3.63, 3.8) is 0 Å². The standard InChI is InChI=1S/C25H27ClFN3O3/c26-19-12-21-16(9-20(19)27)10-22(30-21)24(32)11-17(7-14-5-6-14)25(33)29-18(13-28)8-15-3-1-2-4-23(15)31/h9-10,12,14-15,17-18,30H,1-8,11H2,(H,29,33). The summed E-state index contributed by atoms with van der Waals surface area (Å²) < 4.78 is 13.7. The third-order valence-electron chi connectivity index (χ3n) is 6.75. The zero-order chi connectivity index (χ0) is 23.5. The van der Waals surface area contributed by atoms with Crippen LogP contribution in [0.3, 0.4) is 0 Å². The highest BCUT2D eigenvalue weighted by molar-refractivity contribution is 6.31. The van der Waals surface area contributed by atoms with Gasteiger partial charge in [0.05, 0.1) is 16.8 Å². The Balaban J connectivity index is 1.43. The number of aromatic nitrogens is 1. The molecule has 1 amide bonds. The number of carbonyl (C=O) groups excluding carboxylic acids is 3. The molecule has 6 nitrogen and oxygen atoms in total. The summed E-state index contributed by atoms with van der Waals surface area (Å²) in [7, 11) is 0. The van der Waals surface area contributed by atoms with Crippen LogP contribution in [0.2, 0.25) is 5.02 Å². The number of nitrogens with zero attached hydrogens (tertiary/aromatic N) is 1. The third-order valence-corrected chi connectivity index (χ3v) is 7.04. The molecule has 0 radical (unpaired) electrons. The van der Waals surface area contributed by atoms with Crippen LogP contribution >= 0.6 is 11.6 Å². The molecule has 0 bridgehead atoms. The van der Waals surface area contributed by atoms with Gasteiger partial charge in [-0.2, -0.15) is 5.26 Å². The summed E-state index contributed by atoms with van der Waals surface area (Å²) >= 11 is 5.83. The number of ketones is 2. The highest BCUT2D eigenvalue weighted by atomic mass is 35.5. The first kappa shape index (κ1) is 23.4. The summed E-state index contributed by atoms with van der Waals surface area (Å²) in [4.78, 5) is 41.1. The van der Waals surface area contributed by atoms with E-state index in [9.17, 15) is 24.0 Å². The Morgan fingerprint density at radius 1 is 1.21 bits per heavy atom. The van der Waals surface area contributed by atoms with Crippen LogP contribution in [0, 0.1) is 34.9 Å². The molecule has 1 aromatic heterocycles. The van der Waals surface area contributed by atoms with Crippen molar-refractivity contribution >= 4 is 40.0 Å². The van der Waals surface area contributed by atoms with Gasteiger partial charge in [0.1, 0.15) is 17.6 Å². The molecule has 2 aliphatic carbocycles. The number of nitrogens with one attached hydrogen (secondary N) is 2. The normalized spacial score (nSPS) is 20.3. The molecule has 1 aromatic carbocycles. The Morgan fingerprint density at radius 2 is 2.00 bits per heavy atom.